The van der Waals surface area contributed by atoms with Gasteiger partial charge in [-0.3, -0.25) is 0 Å². The van der Waals surface area contributed by atoms with E-state index in [1.54, 1.807) is 12.1 Å². The third kappa shape index (κ3) is 3.97. The first-order valence-electron chi connectivity index (χ1n) is 6.84. The van der Waals surface area contributed by atoms with Crippen LogP contribution in [0.2, 0.25) is 5.02 Å². The maximum atomic E-state index is 12.8. The van der Waals surface area contributed by atoms with Crippen LogP contribution in [0, 0.1) is 6.92 Å². The molecule has 1 heterocycles. The minimum Gasteiger partial charge on any atom is -0.478 e. The second-order valence-corrected chi connectivity index (χ2v) is 5.52. The second-order valence-electron chi connectivity index (χ2n) is 5.09. The number of aromatic nitrogens is 1. The van der Waals surface area contributed by atoms with Crippen molar-refractivity contribution in [2.45, 2.75) is 26.1 Å². The summed E-state index contributed by atoms with van der Waals surface area (Å²) in [7, 11) is 0. The van der Waals surface area contributed by atoms with Crippen LogP contribution in [0.25, 0.3) is 11.1 Å². The fourth-order valence-corrected chi connectivity index (χ4v) is 2.09. The molecule has 2 aromatic rings. The molecule has 0 amide bonds. The van der Waals surface area contributed by atoms with Gasteiger partial charge < -0.3 is 9.84 Å². The lowest BCUT2D eigenvalue weighted by atomic mass is 10.0. The number of aromatic carboxylic acids is 1. The van der Waals surface area contributed by atoms with Gasteiger partial charge >= 0.3 is 12.1 Å². The van der Waals surface area contributed by atoms with Gasteiger partial charge in [-0.05, 0) is 37.6 Å². The van der Waals surface area contributed by atoms with Crippen LogP contribution in [0.5, 0.6) is 5.88 Å². The molecule has 0 fully saturated rings. The van der Waals surface area contributed by atoms with Crippen LogP contribution in [0.4, 0.5) is 13.2 Å². The smallest absolute Gasteiger partial charge is 0.425 e. The van der Waals surface area contributed by atoms with Gasteiger partial charge in [0.15, 0.2) is 6.10 Å². The lowest BCUT2D eigenvalue weighted by Gasteiger charge is -2.20. The number of aryl methyl sites for hydroxylation is 1. The maximum Gasteiger partial charge on any atom is 0.425 e. The number of carboxylic acid groups (broad SMARTS) is 1. The normalized spacial score (nSPS) is 12.8. The Hall–Kier alpha value is -2.28. The van der Waals surface area contributed by atoms with Gasteiger partial charge in [-0.25, -0.2) is 9.78 Å². The molecule has 0 aliphatic rings. The Morgan fingerprint density at radius 1 is 1.29 bits per heavy atom. The molecular weight excluding hydrogens is 347 g/mol. The molecule has 0 spiro atoms. The number of ether oxygens (including phenoxy) is 1. The summed E-state index contributed by atoms with van der Waals surface area (Å²) in [5.41, 5.74) is 0.529. The van der Waals surface area contributed by atoms with Crippen molar-refractivity contribution >= 4 is 17.6 Å². The molecule has 0 saturated heterocycles. The molecule has 0 aliphatic heterocycles. The summed E-state index contributed by atoms with van der Waals surface area (Å²) in [5.74, 6) is -1.52. The zero-order valence-electron chi connectivity index (χ0n) is 12.7. The van der Waals surface area contributed by atoms with Gasteiger partial charge in [-0.1, -0.05) is 23.7 Å². The van der Waals surface area contributed by atoms with Crippen LogP contribution in [-0.4, -0.2) is 28.3 Å². The zero-order chi connectivity index (χ0) is 18.1. The summed E-state index contributed by atoms with van der Waals surface area (Å²) >= 11 is 5.80. The predicted octanol–water partition coefficient (Wildman–Crippen LogP) is 4.74. The van der Waals surface area contributed by atoms with E-state index in [-0.39, 0.29) is 22.7 Å². The average Bonchev–Trinajstić information content (AvgIpc) is 2.47. The fraction of sp³-hybridized carbons (Fsp3) is 0.250. The molecule has 4 nitrogen and oxygen atoms in total. The summed E-state index contributed by atoms with van der Waals surface area (Å²) in [6.45, 7) is 2.24. The Labute approximate surface area is 140 Å². The van der Waals surface area contributed by atoms with Gasteiger partial charge in [-0.2, -0.15) is 13.2 Å². The van der Waals surface area contributed by atoms with Crippen LogP contribution >= 0.6 is 11.6 Å². The van der Waals surface area contributed by atoms with Gasteiger partial charge in [-0.15, -0.1) is 0 Å². The topological polar surface area (TPSA) is 59.4 Å². The number of hydrogen-bond acceptors (Lipinski definition) is 3. The number of carboxylic acids is 1. The molecule has 1 aromatic heterocycles. The Morgan fingerprint density at radius 3 is 2.38 bits per heavy atom. The van der Waals surface area contributed by atoms with Crippen molar-refractivity contribution in [2.75, 3.05) is 0 Å². The van der Waals surface area contributed by atoms with E-state index in [9.17, 15) is 23.1 Å². The lowest BCUT2D eigenvalue weighted by molar-refractivity contribution is -0.189. The molecule has 24 heavy (non-hydrogen) atoms. The standard InChI is InChI=1S/C16H13ClF3NO3/c1-8-12(15(22)23)7-13(10-3-5-11(17)6-4-10)14(21-8)24-9(2)16(18,19)20/h3-7,9H,1-2H3,(H,22,23)/t9-/m0/s1. The van der Waals surface area contributed by atoms with E-state index in [1.807, 2.05) is 0 Å². The number of hydrogen-bond donors (Lipinski definition) is 1. The summed E-state index contributed by atoms with van der Waals surface area (Å²) in [6, 6.07) is 7.41. The zero-order valence-corrected chi connectivity index (χ0v) is 13.4. The quantitative estimate of drug-likeness (QED) is 0.856. The highest BCUT2D eigenvalue weighted by Gasteiger charge is 2.39. The molecule has 0 unspecified atom stereocenters. The molecule has 1 N–H and O–H groups in total. The Balaban J connectivity index is 2.58. The molecular formula is C16H13ClF3NO3. The Morgan fingerprint density at radius 2 is 1.88 bits per heavy atom. The van der Waals surface area contributed by atoms with Gasteiger partial charge in [0.05, 0.1) is 11.3 Å². The number of alkyl halides is 3. The lowest BCUT2D eigenvalue weighted by Crippen LogP contribution is -2.31. The molecule has 0 bridgehead atoms. The van der Waals surface area contributed by atoms with E-state index in [1.165, 1.54) is 25.1 Å². The highest BCUT2D eigenvalue weighted by atomic mass is 35.5. The minimum absolute atomic E-state index is 0.0598. The summed E-state index contributed by atoms with van der Waals surface area (Å²) in [6.07, 6.45) is -6.66. The van der Waals surface area contributed by atoms with E-state index in [4.69, 9.17) is 16.3 Å². The van der Waals surface area contributed by atoms with Crippen molar-refractivity contribution in [3.05, 3.63) is 46.6 Å². The Bertz CT molecular complexity index is 760. The van der Waals surface area contributed by atoms with Crippen molar-refractivity contribution in [2.24, 2.45) is 0 Å². The molecule has 2 rings (SSSR count). The van der Waals surface area contributed by atoms with E-state index in [0.717, 1.165) is 6.92 Å². The van der Waals surface area contributed by atoms with Crippen LogP contribution in [0.3, 0.4) is 0 Å². The van der Waals surface area contributed by atoms with Crippen molar-refractivity contribution in [1.82, 2.24) is 4.98 Å². The summed E-state index contributed by atoms with van der Waals surface area (Å²) in [4.78, 5) is 15.2. The van der Waals surface area contributed by atoms with Crippen LogP contribution in [0.1, 0.15) is 23.0 Å². The van der Waals surface area contributed by atoms with Gasteiger partial charge in [0.2, 0.25) is 5.88 Å². The predicted molar refractivity (Wildman–Crippen MR) is 82.5 cm³/mol. The largest absolute Gasteiger partial charge is 0.478 e. The molecule has 0 radical (unpaired) electrons. The third-order valence-corrected chi connectivity index (χ3v) is 3.57. The molecule has 1 aromatic carbocycles. The number of benzene rings is 1. The molecule has 0 saturated carbocycles. The van der Waals surface area contributed by atoms with Gasteiger partial charge in [0.1, 0.15) is 0 Å². The SMILES string of the molecule is Cc1nc(O[C@@H](C)C(F)(F)F)c(-c2ccc(Cl)cc2)cc1C(=O)O. The van der Waals surface area contributed by atoms with Crippen LogP contribution < -0.4 is 4.74 Å². The second kappa shape index (κ2) is 6.68. The van der Waals surface area contributed by atoms with Crippen molar-refractivity contribution in [3.63, 3.8) is 0 Å². The minimum atomic E-state index is -4.57. The number of nitrogens with zero attached hydrogens (tertiary/aromatic N) is 1. The number of carbonyl (C=O) groups is 1. The van der Waals surface area contributed by atoms with E-state index in [0.29, 0.717) is 10.6 Å². The van der Waals surface area contributed by atoms with Crippen LogP contribution in [0.15, 0.2) is 30.3 Å². The van der Waals surface area contributed by atoms with E-state index in [2.05, 4.69) is 4.98 Å². The maximum absolute atomic E-state index is 12.8. The first kappa shape index (κ1) is 18.1. The van der Waals surface area contributed by atoms with Crippen molar-refractivity contribution in [3.8, 4) is 17.0 Å². The fourth-order valence-electron chi connectivity index (χ4n) is 1.96. The Kier molecular flexibility index (Phi) is 5.03. The third-order valence-electron chi connectivity index (χ3n) is 3.31. The molecule has 8 heteroatoms. The van der Waals surface area contributed by atoms with Crippen molar-refractivity contribution in [1.29, 1.82) is 0 Å². The van der Waals surface area contributed by atoms with E-state index < -0.39 is 18.2 Å². The highest BCUT2D eigenvalue weighted by Crippen LogP contribution is 2.34. The number of rotatable bonds is 4. The summed E-state index contributed by atoms with van der Waals surface area (Å²) < 4.78 is 43.2. The number of halogens is 4. The first-order chi connectivity index (χ1) is 11.1. The highest BCUT2D eigenvalue weighted by molar-refractivity contribution is 6.30. The van der Waals surface area contributed by atoms with Gasteiger partial charge in [0.25, 0.3) is 0 Å². The average molecular weight is 360 g/mol. The number of pyridine rings is 1. The molecule has 128 valence electrons. The van der Waals surface area contributed by atoms with Crippen LogP contribution in [-0.2, 0) is 0 Å². The first-order valence-corrected chi connectivity index (χ1v) is 7.21. The monoisotopic (exact) mass is 359 g/mol. The summed E-state index contributed by atoms with van der Waals surface area (Å²) in [5, 5.41) is 9.63. The van der Waals surface area contributed by atoms with E-state index >= 15 is 0 Å². The van der Waals surface area contributed by atoms with Gasteiger partial charge in [0, 0.05) is 10.6 Å². The molecule has 1 atom stereocenters. The van der Waals surface area contributed by atoms with Crippen molar-refractivity contribution < 1.29 is 27.8 Å². The molecule has 0 aliphatic carbocycles.